The van der Waals surface area contributed by atoms with Crippen LogP contribution in [-0.4, -0.2) is 52.7 Å². The molecule has 1 aromatic carbocycles. The van der Waals surface area contributed by atoms with Gasteiger partial charge < -0.3 is 14.7 Å². The van der Waals surface area contributed by atoms with Crippen LogP contribution in [0.2, 0.25) is 0 Å². The number of aliphatic hydroxyl groups excluding tert-OH is 1. The van der Waals surface area contributed by atoms with Gasteiger partial charge in [-0.1, -0.05) is 19.9 Å². The van der Waals surface area contributed by atoms with Gasteiger partial charge in [-0.3, -0.25) is 9.00 Å². The van der Waals surface area contributed by atoms with E-state index in [1.165, 1.54) is 0 Å². The number of fused-ring (bicyclic) bond motifs is 1. The molecule has 1 heterocycles. The van der Waals surface area contributed by atoms with Crippen molar-refractivity contribution in [2.75, 3.05) is 36.2 Å². The van der Waals surface area contributed by atoms with Crippen molar-refractivity contribution >= 4 is 33.8 Å². The van der Waals surface area contributed by atoms with Crippen LogP contribution < -0.4 is 9.64 Å². The van der Waals surface area contributed by atoms with E-state index < -0.39 is 22.6 Å². The minimum atomic E-state index is -2.01. The molecule has 192 valence electrons. The topological polar surface area (TPSA) is 79.2 Å². The Labute approximate surface area is 216 Å². The quantitative estimate of drug-likeness (QED) is 0.216. The number of thiol groups is 1. The Balaban J connectivity index is 1.85. The Bertz CT molecular complexity index is 1070. The molecule has 1 aliphatic carbocycles. The predicted molar refractivity (Wildman–Crippen MR) is 144 cm³/mol. The second-order valence-corrected chi connectivity index (χ2v) is 11.7. The summed E-state index contributed by atoms with van der Waals surface area (Å²) < 4.78 is 22.6. The van der Waals surface area contributed by atoms with E-state index in [0.717, 1.165) is 25.1 Å². The number of rotatable bonds is 9. The van der Waals surface area contributed by atoms with Gasteiger partial charge in [0, 0.05) is 52.7 Å². The summed E-state index contributed by atoms with van der Waals surface area (Å²) in [6.45, 7) is 11.4. The molecule has 1 unspecified atom stereocenters. The third-order valence-electron chi connectivity index (χ3n) is 6.93. The molecule has 1 fully saturated rings. The molecule has 6 atom stereocenters. The molecule has 0 bridgehead atoms. The monoisotopic (exact) mass is 520 g/mol. The number of halogens is 1. The molecule has 8 heteroatoms. The number of aliphatic hydroxyl groups is 1. The summed E-state index contributed by atoms with van der Waals surface area (Å²) in [7, 11) is -2.01. The minimum Gasteiger partial charge on any atom is -0.491 e. The maximum Gasteiger partial charge on any atom is 0.284 e. The lowest BCUT2D eigenvalue weighted by molar-refractivity contribution is 0.0458. The zero-order valence-electron chi connectivity index (χ0n) is 20.9. The molecule has 1 amide bonds. The largest absolute Gasteiger partial charge is 0.491 e. The number of benzene rings is 1. The lowest BCUT2D eigenvalue weighted by Gasteiger charge is -2.43. The Morgan fingerprint density at radius 2 is 2.26 bits per heavy atom. The first-order chi connectivity index (χ1) is 16.7. The summed E-state index contributed by atoms with van der Waals surface area (Å²) in [5.41, 5.74) is 0.916. The molecule has 1 aromatic rings. The average Bonchev–Trinajstić information content (AvgIpc) is 2.96. The smallest absolute Gasteiger partial charge is 0.284 e. The standard InChI is InChI=1S/C27H37ClN2O4S/c1-5-7-8-19(3)15-35(33)29-26(32)20-10-12-25-23(13-20)30(17-27(4,16-28)18-34-25)14-21-9-11-22(21)24(31)6-2/h6,10,12-13,19,21-22,24,31,35H,2,8-9,11,14-18H2,1,3-4H3/t19-,21-,22+,24-,27+/m0/s1. The molecule has 3 rings (SSSR count). The first-order valence-corrected chi connectivity index (χ1v) is 14.1. The van der Waals surface area contributed by atoms with Gasteiger partial charge in [0.05, 0.1) is 18.4 Å². The number of alkyl halides is 1. The van der Waals surface area contributed by atoms with Gasteiger partial charge in [0.2, 0.25) is 0 Å². The molecule has 0 aromatic heterocycles. The van der Waals surface area contributed by atoms with Crippen molar-refractivity contribution < 1.29 is 18.8 Å². The van der Waals surface area contributed by atoms with Crippen LogP contribution in [0.15, 0.2) is 35.2 Å². The Hall–Kier alpha value is -2.01. The van der Waals surface area contributed by atoms with Crippen LogP contribution in [0.1, 0.15) is 50.4 Å². The van der Waals surface area contributed by atoms with Crippen molar-refractivity contribution in [1.29, 1.82) is 0 Å². The lowest BCUT2D eigenvalue weighted by atomic mass is 9.70. The first kappa shape index (κ1) is 27.6. The average molecular weight is 521 g/mol. The van der Waals surface area contributed by atoms with Crippen LogP contribution in [0.3, 0.4) is 0 Å². The number of anilines is 1. The Morgan fingerprint density at radius 3 is 2.89 bits per heavy atom. The normalized spacial score (nSPS) is 26.1. The van der Waals surface area contributed by atoms with E-state index >= 15 is 0 Å². The number of carbonyl (C=O) groups is 1. The van der Waals surface area contributed by atoms with Gasteiger partial charge in [-0.2, -0.15) is 4.36 Å². The van der Waals surface area contributed by atoms with Crippen molar-refractivity contribution in [3.05, 3.63) is 36.4 Å². The van der Waals surface area contributed by atoms with Crippen LogP contribution in [0.4, 0.5) is 5.69 Å². The molecule has 0 spiro atoms. The van der Waals surface area contributed by atoms with Gasteiger partial charge in [-0.15, -0.1) is 30.0 Å². The fourth-order valence-corrected chi connectivity index (χ4v) is 5.87. The molecule has 0 saturated heterocycles. The summed E-state index contributed by atoms with van der Waals surface area (Å²) >= 11 is 6.33. The SMILES string of the molecule is C=C[C@H](O)[C@@H]1CC[C@H]1CN1C[C@@](C)(CCl)COc2ccc(C(=O)/N=[SH](=O)/C[C@@H](C)CC#CC)cc21. The van der Waals surface area contributed by atoms with Gasteiger partial charge >= 0.3 is 0 Å². The lowest BCUT2D eigenvalue weighted by Crippen LogP contribution is -2.46. The molecule has 2 aliphatic rings. The highest BCUT2D eigenvalue weighted by atomic mass is 35.5. The number of ether oxygens (including phenoxy) is 1. The summed E-state index contributed by atoms with van der Waals surface area (Å²) in [4.78, 5) is 15.1. The highest BCUT2D eigenvalue weighted by Crippen LogP contribution is 2.42. The summed E-state index contributed by atoms with van der Waals surface area (Å²) in [5, 5.41) is 10.3. The molecule has 1 N–H and O–H groups in total. The Kier molecular flexibility index (Phi) is 9.69. The van der Waals surface area contributed by atoms with Crippen LogP contribution >= 0.6 is 11.6 Å². The molecule has 1 saturated carbocycles. The van der Waals surface area contributed by atoms with Crippen molar-refractivity contribution in [3.63, 3.8) is 0 Å². The summed E-state index contributed by atoms with van der Waals surface area (Å²) in [6.07, 6.45) is 3.70. The first-order valence-electron chi connectivity index (χ1n) is 12.2. The summed E-state index contributed by atoms with van der Waals surface area (Å²) in [5.74, 6) is 7.36. The second kappa shape index (κ2) is 12.3. The molecule has 35 heavy (non-hydrogen) atoms. The highest BCUT2D eigenvalue weighted by molar-refractivity contribution is 7.75. The van der Waals surface area contributed by atoms with Gasteiger partial charge in [0.1, 0.15) is 5.75 Å². The van der Waals surface area contributed by atoms with E-state index in [1.54, 1.807) is 31.2 Å². The van der Waals surface area contributed by atoms with Crippen molar-refractivity contribution in [1.82, 2.24) is 0 Å². The fraction of sp³-hybridized carbons (Fsp3) is 0.593. The number of carbonyl (C=O) groups excluding carboxylic acids is 1. The van der Waals surface area contributed by atoms with Crippen molar-refractivity contribution in [3.8, 4) is 17.6 Å². The van der Waals surface area contributed by atoms with Crippen LogP contribution in [0, 0.1) is 35.0 Å². The van der Waals surface area contributed by atoms with E-state index in [1.807, 2.05) is 6.92 Å². The zero-order valence-corrected chi connectivity index (χ0v) is 22.5. The minimum absolute atomic E-state index is 0.105. The van der Waals surface area contributed by atoms with E-state index in [4.69, 9.17) is 16.3 Å². The van der Waals surface area contributed by atoms with Crippen LogP contribution in [0.5, 0.6) is 5.75 Å². The molecular weight excluding hydrogens is 484 g/mol. The van der Waals surface area contributed by atoms with Gasteiger partial charge in [-0.05, 0) is 55.7 Å². The van der Waals surface area contributed by atoms with Crippen molar-refractivity contribution in [2.24, 2.45) is 27.5 Å². The van der Waals surface area contributed by atoms with Crippen LogP contribution in [-0.2, 0) is 10.6 Å². The fourth-order valence-electron chi connectivity index (χ4n) is 4.64. The van der Waals surface area contributed by atoms with Gasteiger partial charge in [0.15, 0.2) is 0 Å². The second-order valence-electron chi connectivity index (χ2n) is 10.2. The Morgan fingerprint density at radius 1 is 1.49 bits per heavy atom. The number of amides is 1. The third kappa shape index (κ3) is 7.03. The van der Waals surface area contributed by atoms with Crippen LogP contribution in [0.25, 0.3) is 0 Å². The van der Waals surface area contributed by atoms with Crippen molar-refractivity contribution in [2.45, 2.75) is 46.1 Å². The molecule has 0 radical (unpaired) electrons. The highest BCUT2D eigenvalue weighted by Gasteiger charge is 2.39. The summed E-state index contributed by atoms with van der Waals surface area (Å²) in [6, 6.07) is 5.25. The zero-order chi connectivity index (χ0) is 25.6. The van der Waals surface area contributed by atoms with E-state index in [0.29, 0.717) is 48.4 Å². The predicted octanol–water partition coefficient (Wildman–Crippen LogP) is 4.56. The number of nitrogens with zero attached hydrogens (tertiary/aromatic N) is 2. The third-order valence-corrected chi connectivity index (χ3v) is 8.91. The van der Waals surface area contributed by atoms with E-state index in [2.05, 4.69) is 34.6 Å². The van der Waals surface area contributed by atoms with E-state index in [9.17, 15) is 14.1 Å². The van der Waals surface area contributed by atoms with E-state index in [-0.39, 0.29) is 17.3 Å². The van der Waals surface area contributed by atoms with Gasteiger partial charge in [-0.25, -0.2) is 0 Å². The maximum absolute atomic E-state index is 12.9. The molecule has 1 aliphatic heterocycles. The molecular formula is C27H37ClN2O4S. The van der Waals surface area contributed by atoms with Gasteiger partial charge in [0.25, 0.3) is 5.91 Å². The number of hydrogen-bond donors (Lipinski definition) is 2. The maximum atomic E-state index is 12.9. The number of hydrogen-bond acceptors (Lipinski definition) is 5. The molecule has 6 nitrogen and oxygen atoms in total.